The van der Waals surface area contributed by atoms with Crippen LogP contribution in [0, 0.1) is 0 Å². The Bertz CT molecular complexity index is 362. The molecule has 4 nitrogen and oxygen atoms in total. The molecular weight excluding hydrogens is 248 g/mol. The Hall–Kier alpha value is -1.02. The third-order valence-electron chi connectivity index (χ3n) is 3.08. The monoisotopic (exact) mass is 264 g/mol. The molecule has 0 bridgehead atoms. The van der Waals surface area contributed by atoms with Gasteiger partial charge < -0.3 is 15.0 Å². The molecule has 102 valence electrons. The quantitative estimate of drug-likeness (QED) is 0.471. The molecule has 1 aliphatic heterocycles. The van der Waals surface area contributed by atoms with Crippen LogP contribution in [0.2, 0.25) is 0 Å². The van der Waals surface area contributed by atoms with E-state index in [0.29, 0.717) is 6.21 Å². The van der Waals surface area contributed by atoms with Crippen molar-refractivity contribution in [3.8, 4) is 0 Å². The van der Waals surface area contributed by atoms with Gasteiger partial charge in [0.15, 0.2) is 0 Å². The smallest absolute Gasteiger partial charge is 0.405 e. The summed E-state index contributed by atoms with van der Waals surface area (Å²) in [5, 5.41) is 0. The predicted octanol–water partition coefficient (Wildman–Crippen LogP) is 2.05. The zero-order valence-corrected chi connectivity index (χ0v) is 10.7. The van der Waals surface area contributed by atoms with Crippen LogP contribution in [-0.2, 0) is 9.31 Å². The van der Waals surface area contributed by atoms with Crippen LogP contribution in [0.25, 0.3) is 0 Å². The van der Waals surface area contributed by atoms with Gasteiger partial charge in [-0.3, -0.25) is 0 Å². The largest absolute Gasteiger partial charge is 0.503 e. The highest BCUT2D eigenvalue weighted by molar-refractivity contribution is 6.60. The molecule has 0 unspecified atom stereocenters. The molecule has 0 aliphatic carbocycles. The van der Waals surface area contributed by atoms with Crippen LogP contribution in [0.5, 0.6) is 0 Å². The van der Waals surface area contributed by atoms with Crippen LogP contribution in [-0.4, -0.2) is 30.8 Å². The van der Waals surface area contributed by atoms with Crippen molar-refractivity contribution in [3.63, 3.8) is 0 Å². The van der Waals surface area contributed by atoms with Crippen molar-refractivity contribution in [1.82, 2.24) is 0 Å². The molecule has 1 fully saturated rings. The normalized spacial score (nSPS) is 23.9. The number of nitrogens with zero attached hydrogens (tertiary/aromatic N) is 1. The Balaban J connectivity index is 2.86. The maximum absolute atomic E-state index is 12.0. The Morgan fingerprint density at radius 1 is 1.17 bits per heavy atom. The number of rotatable bonds is 2. The molecule has 0 aromatic heterocycles. The van der Waals surface area contributed by atoms with Crippen LogP contribution in [0.3, 0.4) is 0 Å². The van der Waals surface area contributed by atoms with Crippen molar-refractivity contribution < 1.29 is 22.5 Å². The summed E-state index contributed by atoms with van der Waals surface area (Å²) in [6, 6.07) is 0. The number of hydrogen-bond acceptors (Lipinski definition) is 4. The van der Waals surface area contributed by atoms with E-state index in [1.165, 1.54) is 0 Å². The fourth-order valence-corrected chi connectivity index (χ4v) is 1.31. The Kier molecular flexibility index (Phi) is 3.83. The molecule has 0 radical (unpaired) electrons. The zero-order chi connectivity index (χ0) is 14.2. The Labute approximate surface area is 104 Å². The van der Waals surface area contributed by atoms with E-state index in [1.54, 1.807) is 27.7 Å². The van der Waals surface area contributed by atoms with Crippen molar-refractivity contribution in [3.05, 3.63) is 11.7 Å². The molecule has 1 aliphatic rings. The first kappa shape index (κ1) is 15.0. The molecule has 1 heterocycles. The molecule has 0 atom stereocenters. The second-order valence-corrected chi connectivity index (χ2v) is 4.98. The van der Waals surface area contributed by atoms with Gasteiger partial charge in [0.25, 0.3) is 0 Å². The lowest BCUT2D eigenvalue weighted by Gasteiger charge is -2.32. The van der Waals surface area contributed by atoms with Crippen LogP contribution in [0.1, 0.15) is 27.7 Å². The fraction of sp³-hybridized carbons (Fsp3) is 0.700. The SMILES string of the molecule is CC1(C)OB(C(C=NC(F)(F)F)=CN)OC1(C)C. The van der Waals surface area contributed by atoms with E-state index in [4.69, 9.17) is 15.0 Å². The first-order valence-corrected chi connectivity index (χ1v) is 5.38. The lowest BCUT2D eigenvalue weighted by molar-refractivity contribution is -0.119. The number of nitrogens with two attached hydrogens (primary N) is 1. The van der Waals surface area contributed by atoms with E-state index in [2.05, 4.69) is 4.99 Å². The number of alkyl halides is 3. The average molecular weight is 264 g/mol. The highest BCUT2D eigenvalue weighted by atomic mass is 19.4. The van der Waals surface area contributed by atoms with Crippen LogP contribution >= 0.6 is 0 Å². The number of allylic oxidation sites excluding steroid dienone is 1. The van der Waals surface area contributed by atoms with Crippen LogP contribution in [0.4, 0.5) is 13.2 Å². The van der Waals surface area contributed by atoms with E-state index in [1.807, 2.05) is 0 Å². The summed E-state index contributed by atoms with van der Waals surface area (Å²) in [6.07, 6.45) is -3.03. The van der Waals surface area contributed by atoms with Crippen molar-refractivity contribution in [2.75, 3.05) is 0 Å². The maximum atomic E-state index is 12.0. The molecule has 1 rings (SSSR count). The van der Waals surface area contributed by atoms with Gasteiger partial charge in [0.2, 0.25) is 0 Å². The summed E-state index contributed by atoms with van der Waals surface area (Å²) in [4.78, 5) is 2.43. The van der Waals surface area contributed by atoms with Crippen molar-refractivity contribution in [1.29, 1.82) is 0 Å². The van der Waals surface area contributed by atoms with Gasteiger partial charge in [-0.15, -0.1) is 13.2 Å². The molecule has 18 heavy (non-hydrogen) atoms. The summed E-state index contributed by atoms with van der Waals surface area (Å²) in [5.74, 6) is 0. The summed E-state index contributed by atoms with van der Waals surface area (Å²) < 4.78 is 47.1. The van der Waals surface area contributed by atoms with Gasteiger partial charge in [0, 0.05) is 11.7 Å². The van der Waals surface area contributed by atoms with Gasteiger partial charge in [0.05, 0.1) is 11.2 Å². The Morgan fingerprint density at radius 2 is 1.61 bits per heavy atom. The summed E-state index contributed by atoms with van der Waals surface area (Å²) >= 11 is 0. The van der Waals surface area contributed by atoms with Crippen molar-refractivity contribution in [2.24, 2.45) is 10.7 Å². The van der Waals surface area contributed by atoms with E-state index in [-0.39, 0.29) is 5.47 Å². The second kappa shape index (κ2) is 4.58. The van der Waals surface area contributed by atoms with Crippen LogP contribution in [0.15, 0.2) is 16.7 Å². The second-order valence-electron chi connectivity index (χ2n) is 4.98. The number of halogens is 3. The first-order valence-electron chi connectivity index (χ1n) is 5.38. The van der Waals surface area contributed by atoms with E-state index in [0.717, 1.165) is 6.20 Å². The summed E-state index contributed by atoms with van der Waals surface area (Å²) in [5.41, 5.74) is 4.03. The van der Waals surface area contributed by atoms with Gasteiger partial charge in [-0.1, -0.05) is 0 Å². The van der Waals surface area contributed by atoms with Gasteiger partial charge in [0.1, 0.15) is 0 Å². The van der Waals surface area contributed by atoms with Crippen molar-refractivity contribution in [2.45, 2.75) is 45.2 Å². The number of hydrogen-bond donors (Lipinski definition) is 1. The first-order chi connectivity index (χ1) is 7.98. The van der Waals surface area contributed by atoms with E-state index < -0.39 is 24.6 Å². The highest BCUT2D eigenvalue weighted by Gasteiger charge is 2.52. The van der Waals surface area contributed by atoms with Gasteiger partial charge in [-0.05, 0) is 33.9 Å². The predicted molar refractivity (Wildman–Crippen MR) is 62.9 cm³/mol. The van der Waals surface area contributed by atoms with Gasteiger partial charge in [-0.2, -0.15) is 4.99 Å². The minimum atomic E-state index is -4.64. The molecule has 2 N–H and O–H groups in total. The third kappa shape index (κ3) is 3.26. The van der Waals surface area contributed by atoms with E-state index in [9.17, 15) is 13.2 Å². The Morgan fingerprint density at radius 3 is 1.94 bits per heavy atom. The summed E-state index contributed by atoms with van der Waals surface area (Å²) in [6.45, 7) is 7.17. The molecular formula is C10H16BF3N2O2. The topological polar surface area (TPSA) is 56.8 Å². The van der Waals surface area contributed by atoms with Crippen molar-refractivity contribution >= 4 is 13.3 Å². The van der Waals surface area contributed by atoms with Crippen LogP contribution < -0.4 is 5.73 Å². The van der Waals surface area contributed by atoms with Gasteiger partial charge in [-0.25, -0.2) is 0 Å². The van der Waals surface area contributed by atoms with Gasteiger partial charge >= 0.3 is 13.4 Å². The third-order valence-corrected chi connectivity index (χ3v) is 3.08. The lowest BCUT2D eigenvalue weighted by Crippen LogP contribution is -2.41. The number of aliphatic imine (C=N–C) groups is 1. The molecule has 0 saturated carbocycles. The van der Waals surface area contributed by atoms with E-state index >= 15 is 0 Å². The summed E-state index contributed by atoms with van der Waals surface area (Å²) in [7, 11) is -0.953. The molecule has 1 saturated heterocycles. The molecule has 8 heteroatoms. The molecule has 0 aromatic carbocycles. The highest BCUT2D eigenvalue weighted by Crippen LogP contribution is 2.38. The average Bonchev–Trinajstić information content (AvgIpc) is 2.35. The standard InChI is InChI=1S/C10H16BF3N2O2/c1-8(2)9(3,4)18-11(17-8)7(5-15)6-16-10(12,13)14/h5-6H,15H2,1-4H3. The lowest BCUT2D eigenvalue weighted by atomic mass is 9.79. The minimum absolute atomic E-state index is 0.0333. The molecule has 0 amide bonds. The molecule has 0 aromatic rings. The fourth-order valence-electron chi connectivity index (χ4n) is 1.31. The maximum Gasteiger partial charge on any atom is 0.503 e. The molecule has 0 spiro atoms. The zero-order valence-electron chi connectivity index (χ0n) is 10.7. The minimum Gasteiger partial charge on any atom is -0.405 e.